The summed E-state index contributed by atoms with van der Waals surface area (Å²) in [5.74, 6) is -0.192. The molecule has 1 heterocycles. The molecule has 0 radical (unpaired) electrons. The van der Waals surface area contributed by atoms with Crippen molar-refractivity contribution in [2.45, 2.75) is 39.3 Å². The maximum atomic E-state index is 14.2. The third-order valence-corrected chi connectivity index (χ3v) is 3.97. The first kappa shape index (κ1) is 16.2. The molecule has 0 saturated heterocycles. The summed E-state index contributed by atoms with van der Waals surface area (Å²) in [5, 5.41) is 7.83. The maximum Gasteiger partial charge on any atom is 0.128 e. The number of nitrogens with one attached hydrogen (secondary N) is 1. The van der Waals surface area contributed by atoms with Gasteiger partial charge in [-0.2, -0.15) is 5.10 Å². The predicted octanol–water partition coefficient (Wildman–Crippen LogP) is 4.28. The highest BCUT2D eigenvalue weighted by atomic mass is 79.9. The van der Waals surface area contributed by atoms with Crippen molar-refractivity contribution in [1.29, 1.82) is 0 Å². The molecule has 114 valence electrons. The van der Waals surface area contributed by atoms with Crippen LogP contribution in [-0.2, 0) is 6.54 Å². The van der Waals surface area contributed by atoms with E-state index < -0.39 is 0 Å². The molecule has 0 amide bonds. The summed E-state index contributed by atoms with van der Waals surface area (Å²) in [7, 11) is 0. The van der Waals surface area contributed by atoms with Crippen molar-refractivity contribution >= 4 is 15.9 Å². The smallest absolute Gasteiger partial charge is 0.128 e. The Bertz CT molecular complexity index is 583. The topological polar surface area (TPSA) is 29.9 Å². The molecule has 1 aromatic carbocycles. The second-order valence-corrected chi connectivity index (χ2v) is 5.86. The fourth-order valence-corrected chi connectivity index (χ4v) is 2.93. The molecule has 0 aliphatic heterocycles. The molecule has 0 aliphatic rings. The van der Waals surface area contributed by atoms with Gasteiger partial charge in [0.2, 0.25) is 0 Å². The molecule has 2 aromatic rings. The Balaban J connectivity index is 2.45. The van der Waals surface area contributed by atoms with E-state index >= 15 is 0 Å². The summed E-state index contributed by atoms with van der Waals surface area (Å²) in [4.78, 5) is 0. The van der Waals surface area contributed by atoms with Crippen LogP contribution in [0.1, 0.15) is 44.0 Å². The molecule has 0 spiro atoms. The number of nitrogens with zero attached hydrogens (tertiary/aromatic N) is 2. The average Bonchev–Trinajstić information content (AvgIpc) is 2.83. The van der Waals surface area contributed by atoms with Crippen molar-refractivity contribution in [3.8, 4) is 0 Å². The minimum atomic E-state index is -0.199. The van der Waals surface area contributed by atoms with Crippen molar-refractivity contribution < 1.29 is 4.39 Å². The lowest BCUT2D eigenvalue weighted by molar-refractivity contribution is 0.492. The zero-order chi connectivity index (χ0) is 15.2. The third-order valence-electron chi connectivity index (χ3n) is 3.36. The van der Waals surface area contributed by atoms with Gasteiger partial charge in [0.1, 0.15) is 5.82 Å². The molecule has 3 nitrogen and oxygen atoms in total. The number of hydrogen-bond acceptors (Lipinski definition) is 2. The van der Waals surface area contributed by atoms with E-state index in [-0.39, 0.29) is 11.9 Å². The summed E-state index contributed by atoms with van der Waals surface area (Å²) in [6, 6.07) is 6.72. The van der Waals surface area contributed by atoms with Crippen molar-refractivity contribution in [3.63, 3.8) is 0 Å². The molecule has 21 heavy (non-hydrogen) atoms. The van der Waals surface area contributed by atoms with E-state index in [9.17, 15) is 4.39 Å². The number of benzene rings is 1. The van der Waals surface area contributed by atoms with Crippen LogP contribution in [0.15, 0.2) is 34.9 Å². The minimum absolute atomic E-state index is 0.192. The Morgan fingerprint density at radius 3 is 2.71 bits per heavy atom. The van der Waals surface area contributed by atoms with Gasteiger partial charge in [-0.3, -0.25) is 4.68 Å². The molecule has 0 fully saturated rings. The first-order chi connectivity index (χ1) is 10.2. The summed E-state index contributed by atoms with van der Waals surface area (Å²) < 4.78 is 17.1. The van der Waals surface area contributed by atoms with Gasteiger partial charge in [-0.1, -0.05) is 32.0 Å². The average molecular weight is 354 g/mol. The lowest BCUT2D eigenvalue weighted by atomic mass is 10.0. The fraction of sp³-hybridized carbons (Fsp3) is 0.438. The van der Waals surface area contributed by atoms with Gasteiger partial charge in [0.25, 0.3) is 0 Å². The van der Waals surface area contributed by atoms with Gasteiger partial charge in [-0.15, -0.1) is 0 Å². The van der Waals surface area contributed by atoms with Gasteiger partial charge < -0.3 is 5.32 Å². The van der Waals surface area contributed by atoms with Crippen LogP contribution in [0.2, 0.25) is 0 Å². The highest BCUT2D eigenvalue weighted by Crippen LogP contribution is 2.30. The fourth-order valence-electron chi connectivity index (χ4n) is 2.40. The molecule has 2 rings (SSSR count). The van der Waals surface area contributed by atoms with E-state index in [0.29, 0.717) is 5.56 Å². The van der Waals surface area contributed by atoms with Crippen LogP contribution in [-0.4, -0.2) is 16.3 Å². The van der Waals surface area contributed by atoms with E-state index in [1.54, 1.807) is 12.3 Å². The molecule has 0 saturated carbocycles. The molecular formula is C16H21BrFN3. The lowest BCUT2D eigenvalue weighted by Crippen LogP contribution is -2.27. The highest BCUT2D eigenvalue weighted by molar-refractivity contribution is 9.10. The van der Waals surface area contributed by atoms with Crippen LogP contribution in [0, 0.1) is 5.82 Å². The normalized spacial score (nSPS) is 12.6. The molecule has 0 aliphatic carbocycles. The van der Waals surface area contributed by atoms with Gasteiger partial charge in [0.05, 0.1) is 22.4 Å². The monoisotopic (exact) mass is 353 g/mol. The van der Waals surface area contributed by atoms with Crippen LogP contribution in [0.4, 0.5) is 4.39 Å². The number of aromatic nitrogens is 2. The Hall–Kier alpha value is -1.20. The first-order valence-corrected chi connectivity index (χ1v) is 8.17. The summed E-state index contributed by atoms with van der Waals surface area (Å²) in [6.07, 6.45) is 3.76. The van der Waals surface area contributed by atoms with Crippen molar-refractivity contribution in [2.24, 2.45) is 0 Å². The third kappa shape index (κ3) is 3.71. The zero-order valence-electron chi connectivity index (χ0n) is 12.4. The molecule has 1 unspecified atom stereocenters. The van der Waals surface area contributed by atoms with Crippen molar-refractivity contribution in [2.75, 3.05) is 6.54 Å². The lowest BCUT2D eigenvalue weighted by Gasteiger charge is -2.21. The largest absolute Gasteiger partial charge is 0.305 e. The zero-order valence-corrected chi connectivity index (χ0v) is 14.0. The Labute approximate surface area is 133 Å². The molecule has 0 bridgehead atoms. The molecule has 1 aromatic heterocycles. The highest BCUT2D eigenvalue weighted by Gasteiger charge is 2.23. The summed E-state index contributed by atoms with van der Waals surface area (Å²) in [5.41, 5.74) is 1.64. The Morgan fingerprint density at radius 1 is 1.29 bits per heavy atom. The standard InChI is InChI=1S/C16H21BrFN3/c1-3-9-19-15(12-7-5-6-8-14(12)18)16-13(17)11-20-21(16)10-4-2/h5-8,11,15,19H,3-4,9-10H2,1-2H3. The maximum absolute atomic E-state index is 14.2. The van der Waals surface area contributed by atoms with E-state index in [1.165, 1.54) is 6.07 Å². The van der Waals surface area contributed by atoms with Gasteiger partial charge in [-0.05, 0) is 41.4 Å². The van der Waals surface area contributed by atoms with E-state index in [0.717, 1.165) is 36.1 Å². The Morgan fingerprint density at radius 2 is 2.05 bits per heavy atom. The summed E-state index contributed by atoms with van der Waals surface area (Å²) >= 11 is 3.56. The number of aryl methyl sites for hydroxylation is 1. The van der Waals surface area contributed by atoms with Crippen molar-refractivity contribution in [1.82, 2.24) is 15.1 Å². The number of halogens is 2. The van der Waals surface area contributed by atoms with Crippen LogP contribution in [0.5, 0.6) is 0 Å². The predicted molar refractivity (Wildman–Crippen MR) is 86.8 cm³/mol. The van der Waals surface area contributed by atoms with Crippen LogP contribution >= 0.6 is 15.9 Å². The van der Waals surface area contributed by atoms with Gasteiger partial charge >= 0.3 is 0 Å². The quantitative estimate of drug-likeness (QED) is 0.804. The molecular weight excluding hydrogens is 333 g/mol. The number of rotatable bonds is 7. The molecule has 5 heteroatoms. The second kappa shape index (κ2) is 7.71. The molecule has 1 N–H and O–H groups in total. The minimum Gasteiger partial charge on any atom is -0.305 e. The van der Waals surface area contributed by atoms with Crippen LogP contribution < -0.4 is 5.32 Å². The van der Waals surface area contributed by atoms with Crippen LogP contribution in [0.3, 0.4) is 0 Å². The SMILES string of the molecule is CCCNC(c1ccccc1F)c1c(Br)cnn1CCC. The van der Waals surface area contributed by atoms with Gasteiger partial charge in [0.15, 0.2) is 0 Å². The number of hydrogen-bond donors (Lipinski definition) is 1. The van der Waals surface area contributed by atoms with Gasteiger partial charge in [0, 0.05) is 12.1 Å². The van der Waals surface area contributed by atoms with Gasteiger partial charge in [-0.25, -0.2) is 4.39 Å². The van der Waals surface area contributed by atoms with E-state index in [4.69, 9.17) is 0 Å². The molecule has 1 atom stereocenters. The first-order valence-electron chi connectivity index (χ1n) is 7.38. The summed E-state index contributed by atoms with van der Waals surface area (Å²) in [6.45, 7) is 5.85. The second-order valence-electron chi connectivity index (χ2n) is 5.01. The van der Waals surface area contributed by atoms with Crippen LogP contribution in [0.25, 0.3) is 0 Å². The van der Waals surface area contributed by atoms with Crippen molar-refractivity contribution in [3.05, 3.63) is 52.0 Å². The Kier molecular flexibility index (Phi) is 5.94. The van der Waals surface area contributed by atoms with E-state index in [1.807, 2.05) is 16.8 Å². The van der Waals surface area contributed by atoms with E-state index in [2.05, 4.69) is 40.2 Å².